The highest BCUT2D eigenvalue weighted by atomic mass is 15.1. The fourth-order valence-corrected chi connectivity index (χ4v) is 1.29. The molecule has 1 heterocycles. The first-order chi connectivity index (χ1) is 7.79. The van der Waals surface area contributed by atoms with Crippen molar-refractivity contribution in [3.63, 3.8) is 0 Å². The zero-order valence-corrected chi connectivity index (χ0v) is 8.72. The number of aromatic nitrogens is 2. The van der Waals surface area contributed by atoms with Gasteiger partial charge in [-0.2, -0.15) is 4.98 Å². The third kappa shape index (κ3) is 2.26. The number of rotatable bonds is 3. The summed E-state index contributed by atoms with van der Waals surface area (Å²) in [4.78, 5) is 8.24. The van der Waals surface area contributed by atoms with Crippen molar-refractivity contribution in [1.82, 2.24) is 9.97 Å². The van der Waals surface area contributed by atoms with Gasteiger partial charge in [-0.1, -0.05) is 18.2 Å². The van der Waals surface area contributed by atoms with Gasteiger partial charge in [0.05, 0.1) is 0 Å². The van der Waals surface area contributed by atoms with Crippen LogP contribution in [0.3, 0.4) is 0 Å². The molecule has 16 heavy (non-hydrogen) atoms. The molecule has 5 N–H and O–H groups in total. The molecule has 0 fully saturated rings. The highest BCUT2D eigenvalue weighted by Crippen LogP contribution is 2.14. The molecule has 1 aromatic heterocycles. The smallest absolute Gasteiger partial charge is 0.229 e. The van der Waals surface area contributed by atoms with E-state index in [0.717, 1.165) is 11.3 Å². The SMILES string of the molecule is NCc1cnc(Nc2ccccc2)nc1N. The van der Waals surface area contributed by atoms with Gasteiger partial charge in [0.2, 0.25) is 5.95 Å². The number of anilines is 3. The Morgan fingerprint density at radius 1 is 1.19 bits per heavy atom. The van der Waals surface area contributed by atoms with Gasteiger partial charge in [0.15, 0.2) is 0 Å². The van der Waals surface area contributed by atoms with Gasteiger partial charge in [-0.3, -0.25) is 0 Å². The second-order valence-electron chi connectivity index (χ2n) is 3.30. The van der Waals surface area contributed by atoms with E-state index >= 15 is 0 Å². The summed E-state index contributed by atoms with van der Waals surface area (Å²) >= 11 is 0. The first kappa shape index (κ1) is 10.4. The zero-order chi connectivity index (χ0) is 11.4. The highest BCUT2D eigenvalue weighted by molar-refractivity contribution is 5.54. The molecule has 2 rings (SSSR count). The summed E-state index contributed by atoms with van der Waals surface area (Å²) in [6, 6.07) is 9.66. The predicted molar refractivity (Wildman–Crippen MR) is 64.1 cm³/mol. The number of para-hydroxylation sites is 1. The molecule has 0 saturated heterocycles. The highest BCUT2D eigenvalue weighted by Gasteiger charge is 2.02. The van der Waals surface area contributed by atoms with Crippen molar-refractivity contribution in [3.8, 4) is 0 Å². The molecule has 0 amide bonds. The summed E-state index contributed by atoms with van der Waals surface area (Å²) in [6.45, 7) is 0.345. The van der Waals surface area contributed by atoms with Gasteiger partial charge < -0.3 is 16.8 Å². The van der Waals surface area contributed by atoms with E-state index in [1.807, 2.05) is 30.3 Å². The Hall–Kier alpha value is -2.14. The summed E-state index contributed by atoms with van der Waals surface area (Å²) < 4.78 is 0. The Bertz CT molecular complexity index is 469. The molecule has 0 spiro atoms. The first-order valence-corrected chi connectivity index (χ1v) is 4.93. The Morgan fingerprint density at radius 3 is 2.56 bits per heavy atom. The third-order valence-electron chi connectivity index (χ3n) is 2.15. The predicted octanol–water partition coefficient (Wildman–Crippen LogP) is 1.26. The van der Waals surface area contributed by atoms with Gasteiger partial charge in [0, 0.05) is 24.0 Å². The van der Waals surface area contributed by atoms with Crippen LogP contribution in [0.25, 0.3) is 0 Å². The maximum atomic E-state index is 5.71. The van der Waals surface area contributed by atoms with Crippen LogP contribution in [0, 0.1) is 0 Å². The van der Waals surface area contributed by atoms with Crippen molar-refractivity contribution < 1.29 is 0 Å². The molecular formula is C11H13N5. The van der Waals surface area contributed by atoms with E-state index in [2.05, 4.69) is 15.3 Å². The summed E-state index contributed by atoms with van der Waals surface area (Å²) in [7, 11) is 0. The molecule has 1 aromatic carbocycles. The fraction of sp³-hybridized carbons (Fsp3) is 0.0909. The van der Waals surface area contributed by atoms with Crippen LogP contribution in [-0.2, 0) is 6.54 Å². The lowest BCUT2D eigenvalue weighted by Crippen LogP contribution is -2.07. The number of nitrogens with one attached hydrogen (secondary N) is 1. The van der Waals surface area contributed by atoms with E-state index in [0.29, 0.717) is 18.3 Å². The number of nitrogens with two attached hydrogens (primary N) is 2. The first-order valence-electron chi connectivity index (χ1n) is 4.93. The lowest BCUT2D eigenvalue weighted by atomic mass is 10.3. The van der Waals surface area contributed by atoms with E-state index in [4.69, 9.17) is 11.5 Å². The van der Waals surface area contributed by atoms with Gasteiger partial charge >= 0.3 is 0 Å². The number of hydrogen-bond acceptors (Lipinski definition) is 5. The molecule has 0 unspecified atom stereocenters. The van der Waals surface area contributed by atoms with Crippen LogP contribution >= 0.6 is 0 Å². The Balaban J connectivity index is 2.20. The summed E-state index contributed by atoms with van der Waals surface area (Å²) in [5.74, 6) is 0.886. The van der Waals surface area contributed by atoms with Crippen LogP contribution in [0.4, 0.5) is 17.5 Å². The van der Waals surface area contributed by atoms with Crippen molar-refractivity contribution >= 4 is 17.5 Å². The second-order valence-corrected chi connectivity index (χ2v) is 3.30. The topological polar surface area (TPSA) is 89.8 Å². The zero-order valence-electron chi connectivity index (χ0n) is 8.72. The monoisotopic (exact) mass is 215 g/mol. The molecule has 0 bridgehead atoms. The normalized spacial score (nSPS) is 10.1. The van der Waals surface area contributed by atoms with Crippen molar-refractivity contribution in [2.24, 2.45) is 5.73 Å². The molecule has 0 aliphatic carbocycles. The summed E-state index contributed by atoms with van der Waals surface area (Å²) in [5.41, 5.74) is 12.9. The average molecular weight is 215 g/mol. The minimum Gasteiger partial charge on any atom is -0.383 e. The lowest BCUT2D eigenvalue weighted by molar-refractivity contribution is 1.02. The van der Waals surface area contributed by atoms with Gasteiger partial charge in [-0.25, -0.2) is 4.98 Å². The van der Waals surface area contributed by atoms with E-state index in [1.165, 1.54) is 0 Å². The molecule has 2 aromatic rings. The summed E-state index contributed by atoms with van der Waals surface area (Å²) in [5, 5.41) is 3.05. The van der Waals surface area contributed by atoms with E-state index < -0.39 is 0 Å². The number of nitrogen functional groups attached to an aromatic ring is 1. The minimum atomic E-state index is 0.345. The van der Waals surface area contributed by atoms with E-state index in [-0.39, 0.29) is 0 Å². The average Bonchev–Trinajstić information content (AvgIpc) is 2.31. The van der Waals surface area contributed by atoms with Crippen molar-refractivity contribution in [1.29, 1.82) is 0 Å². The number of benzene rings is 1. The molecule has 0 aliphatic heterocycles. The van der Waals surface area contributed by atoms with Crippen LogP contribution in [-0.4, -0.2) is 9.97 Å². The standard InChI is InChI=1S/C11H13N5/c12-6-8-7-14-11(16-10(8)13)15-9-4-2-1-3-5-9/h1-5,7H,6,12H2,(H3,13,14,15,16). The maximum absolute atomic E-state index is 5.71. The van der Waals surface area contributed by atoms with Gasteiger partial charge in [0.25, 0.3) is 0 Å². The third-order valence-corrected chi connectivity index (χ3v) is 2.15. The molecule has 0 radical (unpaired) electrons. The van der Waals surface area contributed by atoms with Crippen LogP contribution < -0.4 is 16.8 Å². The largest absolute Gasteiger partial charge is 0.383 e. The van der Waals surface area contributed by atoms with Crippen molar-refractivity contribution in [2.45, 2.75) is 6.54 Å². The molecule has 82 valence electrons. The molecule has 5 nitrogen and oxygen atoms in total. The van der Waals surface area contributed by atoms with Crippen LogP contribution in [0.1, 0.15) is 5.56 Å². The Kier molecular flexibility index (Phi) is 2.98. The molecule has 0 atom stereocenters. The van der Waals surface area contributed by atoms with Gasteiger partial charge in [0.1, 0.15) is 5.82 Å². The van der Waals surface area contributed by atoms with Crippen LogP contribution in [0.5, 0.6) is 0 Å². The number of hydrogen-bond donors (Lipinski definition) is 3. The van der Waals surface area contributed by atoms with Gasteiger partial charge in [-0.05, 0) is 12.1 Å². The van der Waals surface area contributed by atoms with Gasteiger partial charge in [-0.15, -0.1) is 0 Å². The maximum Gasteiger partial charge on any atom is 0.229 e. The molecule has 0 aliphatic rings. The molecule has 5 heteroatoms. The second kappa shape index (κ2) is 4.59. The molecule has 0 saturated carbocycles. The van der Waals surface area contributed by atoms with Crippen molar-refractivity contribution in [2.75, 3.05) is 11.1 Å². The van der Waals surface area contributed by atoms with Crippen molar-refractivity contribution in [3.05, 3.63) is 42.1 Å². The Labute approximate surface area is 93.5 Å². The Morgan fingerprint density at radius 2 is 1.94 bits per heavy atom. The fourth-order valence-electron chi connectivity index (χ4n) is 1.29. The van der Waals surface area contributed by atoms with E-state index in [1.54, 1.807) is 6.20 Å². The van der Waals surface area contributed by atoms with Crippen LogP contribution in [0.2, 0.25) is 0 Å². The summed E-state index contributed by atoms with van der Waals surface area (Å²) in [6.07, 6.45) is 1.63. The number of nitrogens with zero attached hydrogens (tertiary/aromatic N) is 2. The lowest BCUT2D eigenvalue weighted by Gasteiger charge is -2.06. The quantitative estimate of drug-likeness (QED) is 0.717. The van der Waals surface area contributed by atoms with E-state index in [9.17, 15) is 0 Å². The molecular weight excluding hydrogens is 202 g/mol. The minimum absolute atomic E-state index is 0.345. The van der Waals surface area contributed by atoms with Crippen LogP contribution in [0.15, 0.2) is 36.5 Å².